The van der Waals surface area contributed by atoms with Crippen molar-refractivity contribution in [3.05, 3.63) is 35.9 Å². The molecule has 1 heterocycles. The van der Waals surface area contributed by atoms with Gasteiger partial charge >= 0.3 is 5.97 Å². The zero-order chi connectivity index (χ0) is 15.1. The fourth-order valence-electron chi connectivity index (χ4n) is 2.28. The Morgan fingerprint density at radius 3 is 2.76 bits per heavy atom. The summed E-state index contributed by atoms with van der Waals surface area (Å²) >= 11 is 0. The van der Waals surface area contributed by atoms with Crippen LogP contribution in [-0.2, 0) is 14.3 Å². The minimum absolute atomic E-state index is 0.00837. The number of benzene rings is 1. The molecule has 1 aliphatic heterocycles. The van der Waals surface area contributed by atoms with Crippen molar-refractivity contribution in [3.63, 3.8) is 0 Å². The average Bonchev–Trinajstić information content (AvgIpc) is 2.52. The van der Waals surface area contributed by atoms with E-state index in [0.717, 1.165) is 5.56 Å². The van der Waals surface area contributed by atoms with Crippen molar-refractivity contribution in [1.82, 2.24) is 10.6 Å². The van der Waals surface area contributed by atoms with Crippen molar-refractivity contribution in [3.8, 4) is 0 Å². The molecule has 2 unspecified atom stereocenters. The Bertz CT molecular complexity index is 472. The Morgan fingerprint density at radius 2 is 2.14 bits per heavy atom. The van der Waals surface area contributed by atoms with Crippen molar-refractivity contribution in [2.45, 2.75) is 24.9 Å². The smallest absolute Gasteiger partial charge is 0.303 e. The number of carbonyl (C=O) groups is 2. The second kappa shape index (κ2) is 7.75. The van der Waals surface area contributed by atoms with Crippen molar-refractivity contribution >= 4 is 11.9 Å². The van der Waals surface area contributed by atoms with E-state index < -0.39 is 5.97 Å². The maximum Gasteiger partial charge on any atom is 0.303 e. The molecule has 0 radical (unpaired) electrons. The highest BCUT2D eigenvalue weighted by molar-refractivity contribution is 5.82. The lowest BCUT2D eigenvalue weighted by molar-refractivity contribution is -0.137. The van der Waals surface area contributed by atoms with Gasteiger partial charge in [0.25, 0.3) is 0 Å². The topological polar surface area (TPSA) is 87.7 Å². The molecule has 0 aromatic heterocycles. The molecule has 114 valence electrons. The fourth-order valence-corrected chi connectivity index (χ4v) is 2.28. The van der Waals surface area contributed by atoms with Gasteiger partial charge in [0.2, 0.25) is 5.91 Å². The van der Waals surface area contributed by atoms with Crippen molar-refractivity contribution in [2.24, 2.45) is 0 Å². The van der Waals surface area contributed by atoms with E-state index >= 15 is 0 Å². The van der Waals surface area contributed by atoms with Gasteiger partial charge < -0.3 is 20.5 Å². The van der Waals surface area contributed by atoms with Gasteiger partial charge in [0, 0.05) is 13.0 Å². The van der Waals surface area contributed by atoms with E-state index in [-0.39, 0.29) is 24.4 Å². The lowest BCUT2D eigenvalue weighted by Gasteiger charge is -2.26. The Morgan fingerprint density at radius 1 is 1.38 bits per heavy atom. The second-order valence-electron chi connectivity index (χ2n) is 4.99. The van der Waals surface area contributed by atoms with Crippen LogP contribution in [-0.4, -0.2) is 42.8 Å². The van der Waals surface area contributed by atoms with E-state index in [0.29, 0.717) is 26.2 Å². The summed E-state index contributed by atoms with van der Waals surface area (Å²) in [5.41, 5.74) is 0.906. The molecule has 0 aliphatic carbocycles. The number of carboxylic acid groups (broad SMARTS) is 1. The standard InChI is InChI=1S/C15H20N2O4/c18-14(19)7-6-12(11-4-2-1-3-5-11)17-15(20)13-10-21-9-8-16-13/h1-5,12-13,16H,6-10H2,(H,17,20)(H,18,19). The molecule has 1 aromatic carbocycles. The van der Waals surface area contributed by atoms with Gasteiger partial charge in [-0.2, -0.15) is 0 Å². The van der Waals surface area contributed by atoms with Gasteiger partial charge in [-0.05, 0) is 12.0 Å². The third-order valence-electron chi connectivity index (χ3n) is 3.40. The first kappa shape index (κ1) is 15.5. The summed E-state index contributed by atoms with van der Waals surface area (Å²) in [5.74, 6) is -1.03. The largest absolute Gasteiger partial charge is 0.481 e. The van der Waals surface area contributed by atoms with Crippen LogP contribution >= 0.6 is 0 Å². The molecule has 6 nitrogen and oxygen atoms in total. The molecule has 21 heavy (non-hydrogen) atoms. The highest BCUT2D eigenvalue weighted by Gasteiger charge is 2.24. The Kier molecular flexibility index (Phi) is 5.71. The number of hydrogen-bond donors (Lipinski definition) is 3. The third-order valence-corrected chi connectivity index (χ3v) is 3.40. The van der Waals surface area contributed by atoms with Crippen LogP contribution in [0.1, 0.15) is 24.4 Å². The molecule has 1 fully saturated rings. The molecule has 6 heteroatoms. The number of carbonyl (C=O) groups excluding carboxylic acids is 1. The molecule has 1 aromatic rings. The second-order valence-corrected chi connectivity index (χ2v) is 4.99. The summed E-state index contributed by atoms with van der Waals surface area (Å²) in [6.45, 7) is 1.58. The first-order chi connectivity index (χ1) is 10.2. The maximum absolute atomic E-state index is 12.2. The number of hydrogen-bond acceptors (Lipinski definition) is 4. The number of amides is 1. The first-order valence-corrected chi connectivity index (χ1v) is 7.05. The number of nitrogens with one attached hydrogen (secondary N) is 2. The molecule has 0 saturated carbocycles. The Hall–Kier alpha value is -1.92. The lowest BCUT2D eigenvalue weighted by Crippen LogP contribution is -2.51. The van der Waals surface area contributed by atoms with Crippen LogP contribution in [0, 0.1) is 0 Å². The van der Waals surface area contributed by atoms with Gasteiger partial charge in [-0.15, -0.1) is 0 Å². The molecule has 3 N–H and O–H groups in total. The van der Waals surface area contributed by atoms with Crippen LogP contribution < -0.4 is 10.6 Å². The predicted molar refractivity (Wildman–Crippen MR) is 76.8 cm³/mol. The SMILES string of the molecule is O=C(O)CCC(NC(=O)C1COCCN1)c1ccccc1. The number of aliphatic carboxylic acids is 1. The van der Waals surface area contributed by atoms with Crippen molar-refractivity contribution in [1.29, 1.82) is 0 Å². The van der Waals surface area contributed by atoms with E-state index in [1.807, 2.05) is 30.3 Å². The lowest BCUT2D eigenvalue weighted by atomic mass is 10.0. The van der Waals surface area contributed by atoms with Crippen LogP contribution in [0.25, 0.3) is 0 Å². The van der Waals surface area contributed by atoms with E-state index in [9.17, 15) is 9.59 Å². The highest BCUT2D eigenvalue weighted by atomic mass is 16.5. The fraction of sp³-hybridized carbons (Fsp3) is 0.467. The van der Waals surface area contributed by atoms with Gasteiger partial charge in [-0.1, -0.05) is 30.3 Å². The molecular weight excluding hydrogens is 272 g/mol. The summed E-state index contributed by atoms with van der Waals surface area (Å²) in [4.78, 5) is 23.0. The number of rotatable bonds is 6. The zero-order valence-electron chi connectivity index (χ0n) is 11.7. The Labute approximate surface area is 123 Å². The summed E-state index contributed by atoms with van der Waals surface area (Å²) in [6.07, 6.45) is 0.368. The molecule has 1 saturated heterocycles. The van der Waals surface area contributed by atoms with Crippen LogP contribution in [0.3, 0.4) is 0 Å². The number of carboxylic acids is 1. The quantitative estimate of drug-likeness (QED) is 0.718. The van der Waals surface area contributed by atoms with Crippen LogP contribution in [0.15, 0.2) is 30.3 Å². The molecular formula is C15H20N2O4. The van der Waals surface area contributed by atoms with Gasteiger partial charge in [0.1, 0.15) is 6.04 Å². The minimum Gasteiger partial charge on any atom is -0.481 e. The van der Waals surface area contributed by atoms with Crippen LogP contribution in [0.4, 0.5) is 0 Å². The van der Waals surface area contributed by atoms with E-state index in [2.05, 4.69) is 10.6 Å². The molecule has 1 aliphatic rings. The van der Waals surface area contributed by atoms with E-state index in [4.69, 9.17) is 9.84 Å². The van der Waals surface area contributed by atoms with Crippen LogP contribution in [0.5, 0.6) is 0 Å². The summed E-state index contributed by atoms with van der Waals surface area (Å²) in [5, 5.41) is 14.8. The number of morpholine rings is 1. The first-order valence-electron chi connectivity index (χ1n) is 7.05. The van der Waals surface area contributed by atoms with Crippen LogP contribution in [0.2, 0.25) is 0 Å². The summed E-state index contributed by atoms with van der Waals surface area (Å²) < 4.78 is 5.27. The van der Waals surface area contributed by atoms with E-state index in [1.54, 1.807) is 0 Å². The molecule has 1 amide bonds. The predicted octanol–water partition coefficient (Wildman–Crippen LogP) is 0.697. The van der Waals surface area contributed by atoms with Gasteiger partial charge in [0.05, 0.1) is 19.3 Å². The van der Waals surface area contributed by atoms with Gasteiger partial charge in [0.15, 0.2) is 0 Å². The molecule has 2 rings (SSSR count). The van der Waals surface area contributed by atoms with E-state index in [1.165, 1.54) is 0 Å². The number of ether oxygens (including phenoxy) is 1. The molecule has 0 spiro atoms. The maximum atomic E-state index is 12.2. The minimum atomic E-state index is -0.871. The molecule has 0 bridgehead atoms. The Balaban J connectivity index is 2.00. The highest BCUT2D eigenvalue weighted by Crippen LogP contribution is 2.18. The van der Waals surface area contributed by atoms with Crippen molar-refractivity contribution in [2.75, 3.05) is 19.8 Å². The van der Waals surface area contributed by atoms with Crippen molar-refractivity contribution < 1.29 is 19.4 Å². The third kappa shape index (κ3) is 4.84. The monoisotopic (exact) mass is 292 g/mol. The zero-order valence-corrected chi connectivity index (χ0v) is 11.7. The average molecular weight is 292 g/mol. The van der Waals surface area contributed by atoms with Gasteiger partial charge in [-0.25, -0.2) is 0 Å². The van der Waals surface area contributed by atoms with Gasteiger partial charge in [-0.3, -0.25) is 9.59 Å². The summed E-state index contributed by atoms with van der Waals surface area (Å²) in [7, 11) is 0. The normalized spacial score (nSPS) is 19.7. The summed E-state index contributed by atoms with van der Waals surface area (Å²) in [6, 6.07) is 8.72. The molecule has 2 atom stereocenters.